The summed E-state index contributed by atoms with van der Waals surface area (Å²) in [6, 6.07) is 65.5. The van der Waals surface area contributed by atoms with Crippen LogP contribution in [0.15, 0.2) is 192 Å². The minimum atomic E-state index is 0.673. The Hall–Kier alpha value is -7.04. The molecule has 0 bridgehead atoms. The molecule has 0 amide bonds. The van der Waals surface area contributed by atoms with Crippen molar-refractivity contribution in [2.24, 2.45) is 0 Å². The number of anilines is 3. The number of fused-ring (bicyclic) bond motifs is 5. The summed E-state index contributed by atoms with van der Waals surface area (Å²) in [7, 11) is 0. The molecule has 0 unspecified atom stereocenters. The van der Waals surface area contributed by atoms with Crippen LogP contribution < -0.4 is 4.90 Å². The number of hydrogen-bond acceptors (Lipinski definition) is 4. The third-order valence-corrected chi connectivity index (χ3v) is 9.81. The monoisotopic (exact) mass is 665 g/mol. The largest absolute Gasteiger partial charge is 0.455 e. The van der Waals surface area contributed by atoms with Gasteiger partial charge in [0.05, 0.1) is 11.2 Å². The molecule has 244 valence electrons. The summed E-state index contributed by atoms with van der Waals surface area (Å²) in [6.45, 7) is 0. The van der Waals surface area contributed by atoms with Crippen LogP contribution in [0.1, 0.15) is 0 Å². The van der Waals surface area contributed by atoms with E-state index < -0.39 is 0 Å². The zero-order valence-electron chi connectivity index (χ0n) is 28.1. The average Bonchev–Trinajstić information content (AvgIpc) is 3.58. The van der Waals surface area contributed by atoms with E-state index in [1.807, 2.05) is 30.3 Å². The molecule has 0 N–H and O–H groups in total. The van der Waals surface area contributed by atoms with Crippen LogP contribution in [0.3, 0.4) is 0 Å². The highest BCUT2D eigenvalue weighted by Gasteiger charge is 2.19. The Bertz CT molecular complexity index is 2840. The Kier molecular flexibility index (Phi) is 7.10. The third kappa shape index (κ3) is 5.17. The summed E-state index contributed by atoms with van der Waals surface area (Å²) in [5.41, 5.74) is 10.8. The van der Waals surface area contributed by atoms with E-state index in [1.54, 1.807) is 0 Å². The first-order valence-corrected chi connectivity index (χ1v) is 17.5. The van der Waals surface area contributed by atoms with Gasteiger partial charge in [-0.1, -0.05) is 121 Å². The van der Waals surface area contributed by atoms with Crippen LogP contribution in [0.4, 0.5) is 17.1 Å². The van der Waals surface area contributed by atoms with Gasteiger partial charge in [0.1, 0.15) is 11.2 Å². The molecule has 0 aliphatic heterocycles. The number of rotatable bonds is 6. The number of hydrogen-bond donors (Lipinski definition) is 0. The van der Waals surface area contributed by atoms with Crippen molar-refractivity contribution in [3.8, 4) is 33.8 Å². The lowest BCUT2D eigenvalue weighted by atomic mass is 9.97. The van der Waals surface area contributed by atoms with Crippen LogP contribution in [-0.2, 0) is 0 Å². The number of aromatic nitrogens is 2. The van der Waals surface area contributed by atoms with Crippen LogP contribution in [0, 0.1) is 0 Å². The minimum absolute atomic E-state index is 0.673. The molecule has 2 heterocycles. The molecule has 0 saturated heterocycles. The van der Waals surface area contributed by atoms with Crippen LogP contribution in [0.2, 0.25) is 0 Å². The summed E-state index contributed by atoms with van der Waals surface area (Å²) in [5.74, 6) is 0.673. The van der Waals surface area contributed by atoms with Gasteiger partial charge in [0.15, 0.2) is 5.82 Å². The molecule has 0 aliphatic rings. The summed E-state index contributed by atoms with van der Waals surface area (Å²) < 4.78 is 6.77. The van der Waals surface area contributed by atoms with E-state index in [0.717, 1.165) is 83.2 Å². The van der Waals surface area contributed by atoms with E-state index in [-0.39, 0.29) is 0 Å². The topological polar surface area (TPSA) is 42.2 Å². The van der Waals surface area contributed by atoms with E-state index in [1.165, 1.54) is 5.39 Å². The molecule has 0 aliphatic carbocycles. The Morgan fingerprint density at radius 2 is 1.00 bits per heavy atom. The molecule has 52 heavy (non-hydrogen) atoms. The molecule has 2 aromatic heterocycles. The van der Waals surface area contributed by atoms with Crippen molar-refractivity contribution >= 4 is 60.7 Å². The smallest absolute Gasteiger partial charge is 0.160 e. The van der Waals surface area contributed by atoms with Crippen molar-refractivity contribution in [2.45, 2.75) is 0 Å². The second-order valence-corrected chi connectivity index (χ2v) is 13.0. The molecule has 10 aromatic rings. The highest BCUT2D eigenvalue weighted by Crippen LogP contribution is 2.42. The Morgan fingerprint density at radius 3 is 1.71 bits per heavy atom. The predicted octanol–water partition coefficient (Wildman–Crippen LogP) is 13.2. The second kappa shape index (κ2) is 12.4. The van der Waals surface area contributed by atoms with Gasteiger partial charge in [0, 0.05) is 49.9 Å². The molecule has 4 heteroatoms. The van der Waals surface area contributed by atoms with Crippen molar-refractivity contribution in [2.75, 3.05) is 4.90 Å². The second-order valence-electron chi connectivity index (χ2n) is 13.0. The molecule has 0 fully saturated rings. The van der Waals surface area contributed by atoms with Crippen LogP contribution >= 0.6 is 0 Å². The van der Waals surface area contributed by atoms with E-state index in [2.05, 4.69) is 163 Å². The lowest BCUT2D eigenvalue weighted by molar-refractivity contribution is 0.670. The fraction of sp³-hybridized carbons (Fsp3) is 0. The zero-order chi connectivity index (χ0) is 34.4. The van der Waals surface area contributed by atoms with E-state index in [0.29, 0.717) is 5.82 Å². The van der Waals surface area contributed by atoms with E-state index in [9.17, 15) is 0 Å². The van der Waals surface area contributed by atoms with Gasteiger partial charge < -0.3 is 9.32 Å². The molecule has 10 rings (SSSR count). The van der Waals surface area contributed by atoms with E-state index in [4.69, 9.17) is 14.4 Å². The summed E-state index contributed by atoms with van der Waals surface area (Å²) in [4.78, 5) is 12.7. The van der Waals surface area contributed by atoms with Crippen molar-refractivity contribution in [3.05, 3.63) is 188 Å². The number of nitrogens with zero attached hydrogens (tertiary/aromatic N) is 3. The van der Waals surface area contributed by atoms with Gasteiger partial charge in [-0.3, -0.25) is 0 Å². The first-order chi connectivity index (χ1) is 25.8. The minimum Gasteiger partial charge on any atom is -0.455 e. The molecule has 0 radical (unpaired) electrons. The van der Waals surface area contributed by atoms with Crippen molar-refractivity contribution in [1.29, 1.82) is 0 Å². The Balaban J connectivity index is 1.19. The Labute approximate surface area is 300 Å². The maximum atomic E-state index is 6.77. The van der Waals surface area contributed by atoms with Crippen molar-refractivity contribution < 1.29 is 4.42 Å². The lowest BCUT2D eigenvalue weighted by Gasteiger charge is -2.25. The number of benzene rings is 8. The van der Waals surface area contributed by atoms with Gasteiger partial charge in [-0.2, -0.15) is 0 Å². The quantitative estimate of drug-likeness (QED) is 0.177. The van der Waals surface area contributed by atoms with Gasteiger partial charge in [0.25, 0.3) is 0 Å². The molecule has 8 aromatic carbocycles. The van der Waals surface area contributed by atoms with Gasteiger partial charge in [-0.05, 0) is 83.1 Å². The van der Waals surface area contributed by atoms with Crippen molar-refractivity contribution in [1.82, 2.24) is 9.97 Å². The number of furan rings is 1. The van der Waals surface area contributed by atoms with Crippen LogP contribution in [0.5, 0.6) is 0 Å². The Morgan fingerprint density at radius 1 is 0.404 bits per heavy atom. The molecule has 0 spiro atoms. The molecular formula is C48H31N3O. The van der Waals surface area contributed by atoms with Gasteiger partial charge in [0.2, 0.25) is 0 Å². The normalized spacial score (nSPS) is 11.5. The lowest BCUT2D eigenvalue weighted by Crippen LogP contribution is -2.09. The van der Waals surface area contributed by atoms with Crippen LogP contribution in [0.25, 0.3) is 77.4 Å². The van der Waals surface area contributed by atoms with Gasteiger partial charge in [-0.25, -0.2) is 9.97 Å². The summed E-state index contributed by atoms with van der Waals surface area (Å²) in [5, 5.41) is 5.44. The standard InChI is InChI=1S/C48H31N3O/c1-4-14-33(15-5-1)46-40-22-12-13-23-44(40)49-48(50-46)36-29-41(47-43(30-36)42-28-34-16-10-11-17-35(34)31-45(42)52-47)32-24-26-39(27-25-32)51(37-18-6-2-7-19-37)38-20-8-3-9-21-38/h1-31H. The summed E-state index contributed by atoms with van der Waals surface area (Å²) >= 11 is 0. The molecule has 4 nitrogen and oxygen atoms in total. The SMILES string of the molecule is c1ccc(-c2nc(-c3cc(-c4ccc(N(c5ccccc5)c5ccccc5)cc4)c4oc5cc6ccccc6cc5c4c3)nc3ccccc23)cc1. The molecule has 0 atom stereocenters. The molecular weight excluding hydrogens is 635 g/mol. The first-order valence-electron chi connectivity index (χ1n) is 17.5. The summed E-state index contributed by atoms with van der Waals surface area (Å²) in [6.07, 6.45) is 0. The zero-order valence-corrected chi connectivity index (χ0v) is 28.1. The fourth-order valence-electron chi connectivity index (χ4n) is 7.32. The third-order valence-electron chi connectivity index (χ3n) is 9.81. The van der Waals surface area contributed by atoms with Crippen LogP contribution in [-0.4, -0.2) is 9.97 Å². The fourth-order valence-corrected chi connectivity index (χ4v) is 7.32. The van der Waals surface area contributed by atoms with E-state index >= 15 is 0 Å². The van der Waals surface area contributed by atoms with Crippen molar-refractivity contribution in [3.63, 3.8) is 0 Å². The first kappa shape index (κ1) is 29.8. The maximum Gasteiger partial charge on any atom is 0.160 e. The predicted molar refractivity (Wildman–Crippen MR) is 215 cm³/mol. The number of para-hydroxylation sites is 3. The van der Waals surface area contributed by atoms with Gasteiger partial charge >= 0.3 is 0 Å². The maximum absolute atomic E-state index is 6.77. The average molecular weight is 666 g/mol. The highest BCUT2D eigenvalue weighted by atomic mass is 16.3. The van der Waals surface area contributed by atoms with Gasteiger partial charge in [-0.15, -0.1) is 0 Å². The highest BCUT2D eigenvalue weighted by molar-refractivity contribution is 6.14. The molecule has 0 saturated carbocycles.